The molecular formula is C22H22Cl2N4O2S. The number of anilines is 2. The van der Waals surface area contributed by atoms with Crippen LogP contribution in [-0.4, -0.2) is 41.0 Å². The van der Waals surface area contributed by atoms with E-state index in [2.05, 4.69) is 5.32 Å². The second-order valence-corrected chi connectivity index (χ2v) is 8.98. The Labute approximate surface area is 194 Å². The predicted octanol–water partition coefficient (Wildman–Crippen LogP) is 5.23. The molecule has 0 aliphatic carbocycles. The molecule has 1 atom stereocenters. The maximum Gasteiger partial charge on any atom is 0.274 e. The van der Waals surface area contributed by atoms with Gasteiger partial charge in [0.05, 0.1) is 35.0 Å². The van der Waals surface area contributed by atoms with E-state index in [0.717, 1.165) is 5.56 Å². The lowest BCUT2D eigenvalue weighted by Gasteiger charge is -2.28. The number of aromatic nitrogens is 1. The first-order chi connectivity index (χ1) is 15.0. The molecule has 1 saturated heterocycles. The number of morpholine rings is 1. The average molecular weight is 477 g/mol. The molecule has 0 spiro atoms. The van der Waals surface area contributed by atoms with Crippen molar-refractivity contribution in [3.05, 3.63) is 80.1 Å². The summed E-state index contributed by atoms with van der Waals surface area (Å²) in [5, 5.41) is 13.5. The predicted molar refractivity (Wildman–Crippen MR) is 128 cm³/mol. The van der Waals surface area contributed by atoms with Crippen LogP contribution >= 0.6 is 34.7 Å². The van der Waals surface area contributed by atoms with Crippen LogP contribution in [0.1, 0.15) is 24.1 Å². The van der Waals surface area contributed by atoms with Crippen molar-refractivity contribution >= 4 is 51.3 Å². The molecule has 0 unspecified atom stereocenters. The topological polar surface area (TPSA) is 70.3 Å². The molecule has 1 fully saturated rings. The van der Waals surface area contributed by atoms with Crippen molar-refractivity contribution in [2.24, 2.45) is 0 Å². The number of rotatable bonds is 5. The molecule has 0 saturated carbocycles. The molecule has 0 radical (unpaired) electrons. The summed E-state index contributed by atoms with van der Waals surface area (Å²) < 4.78 is 7.09. The van der Waals surface area contributed by atoms with Crippen molar-refractivity contribution in [1.29, 1.82) is 5.41 Å². The molecule has 31 heavy (non-hydrogen) atoms. The van der Waals surface area contributed by atoms with Crippen LogP contribution in [-0.2, 0) is 4.74 Å². The molecule has 1 aliphatic rings. The van der Waals surface area contributed by atoms with Gasteiger partial charge in [-0.1, -0.05) is 59.6 Å². The van der Waals surface area contributed by atoms with Crippen LogP contribution in [0.3, 0.4) is 0 Å². The first-order valence-corrected chi connectivity index (χ1v) is 11.4. The highest BCUT2D eigenvalue weighted by Crippen LogP contribution is 2.36. The molecule has 2 N–H and O–H groups in total. The fourth-order valence-corrected chi connectivity index (χ4v) is 5.05. The Morgan fingerprint density at radius 1 is 1.10 bits per heavy atom. The summed E-state index contributed by atoms with van der Waals surface area (Å²) >= 11 is 14.0. The van der Waals surface area contributed by atoms with Crippen LogP contribution in [0.25, 0.3) is 0 Å². The summed E-state index contributed by atoms with van der Waals surface area (Å²) in [7, 11) is 0. The molecule has 1 aliphatic heterocycles. The zero-order chi connectivity index (χ0) is 22.0. The number of nitrogens with zero attached hydrogens (tertiary/aromatic N) is 2. The van der Waals surface area contributed by atoms with E-state index in [-0.39, 0.29) is 17.4 Å². The Hall–Kier alpha value is -2.32. The van der Waals surface area contributed by atoms with Gasteiger partial charge in [-0.3, -0.25) is 14.2 Å². The number of halogens is 2. The zero-order valence-corrected chi connectivity index (χ0v) is 19.2. The van der Waals surface area contributed by atoms with Crippen molar-refractivity contribution in [3.63, 3.8) is 0 Å². The van der Waals surface area contributed by atoms with Crippen molar-refractivity contribution in [2.75, 3.05) is 31.6 Å². The molecule has 4 rings (SSSR count). The standard InChI is InChI=1S/C22H22Cl2N4O2S/c1-14(15-6-3-2-4-7-15)28-22(29)18(20(25)27-10-12-30-13-11-27)21(31-28)26-19-16(23)8-5-9-17(19)24/h2-9,14,25-26H,10-13H2,1H3/t14-/m0/s1. The lowest BCUT2D eigenvalue weighted by Crippen LogP contribution is -2.42. The fourth-order valence-electron chi connectivity index (χ4n) is 3.48. The monoisotopic (exact) mass is 476 g/mol. The van der Waals surface area contributed by atoms with Gasteiger partial charge in [0, 0.05) is 13.1 Å². The van der Waals surface area contributed by atoms with E-state index in [1.807, 2.05) is 42.2 Å². The SMILES string of the molecule is C[C@@H](c1ccccc1)n1sc(Nc2c(Cl)cccc2Cl)c(C(=N)N2CCOCC2)c1=O. The lowest BCUT2D eigenvalue weighted by atomic mass is 10.1. The molecule has 2 aromatic carbocycles. The fraction of sp³-hybridized carbons (Fsp3) is 0.273. The van der Waals surface area contributed by atoms with Gasteiger partial charge in [0.15, 0.2) is 0 Å². The summed E-state index contributed by atoms with van der Waals surface area (Å²) in [5.41, 5.74) is 1.62. The highest BCUT2D eigenvalue weighted by Gasteiger charge is 2.27. The minimum Gasteiger partial charge on any atom is -0.378 e. The average Bonchev–Trinajstić information content (AvgIpc) is 3.12. The van der Waals surface area contributed by atoms with E-state index in [0.29, 0.717) is 52.6 Å². The highest BCUT2D eigenvalue weighted by molar-refractivity contribution is 7.11. The number of para-hydroxylation sites is 1. The molecule has 6 nitrogen and oxygen atoms in total. The van der Waals surface area contributed by atoms with E-state index in [4.69, 9.17) is 33.3 Å². The molecule has 9 heteroatoms. The van der Waals surface area contributed by atoms with Crippen LogP contribution in [0.4, 0.5) is 10.7 Å². The Morgan fingerprint density at radius 3 is 2.39 bits per heavy atom. The van der Waals surface area contributed by atoms with E-state index >= 15 is 0 Å². The van der Waals surface area contributed by atoms with Crippen LogP contribution in [0.2, 0.25) is 10.0 Å². The maximum absolute atomic E-state index is 13.5. The van der Waals surface area contributed by atoms with E-state index in [9.17, 15) is 4.79 Å². The van der Waals surface area contributed by atoms with Crippen molar-refractivity contribution in [1.82, 2.24) is 8.86 Å². The number of benzene rings is 2. The molecule has 0 bridgehead atoms. The second kappa shape index (κ2) is 9.44. The number of ether oxygens (including phenoxy) is 1. The van der Waals surface area contributed by atoms with Gasteiger partial charge in [-0.25, -0.2) is 0 Å². The summed E-state index contributed by atoms with van der Waals surface area (Å²) in [5.74, 6) is 0.175. The smallest absolute Gasteiger partial charge is 0.274 e. The molecular weight excluding hydrogens is 455 g/mol. The van der Waals surface area contributed by atoms with Crippen LogP contribution < -0.4 is 10.9 Å². The third-order valence-electron chi connectivity index (χ3n) is 5.23. The lowest BCUT2D eigenvalue weighted by molar-refractivity contribution is 0.0679. The Morgan fingerprint density at radius 2 is 1.74 bits per heavy atom. The summed E-state index contributed by atoms with van der Waals surface area (Å²) in [6.07, 6.45) is 0. The molecule has 3 aromatic rings. The van der Waals surface area contributed by atoms with E-state index < -0.39 is 0 Å². The van der Waals surface area contributed by atoms with Gasteiger partial charge < -0.3 is 15.0 Å². The Bertz CT molecular complexity index is 1120. The minimum absolute atomic E-state index is 0.175. The van der Waals surface area contributed by atoms with Gasteiger partial charge in [0.1, 0.15) is 16.4 Å². The third-order valence-corrected chi connectivity index (χ3v) is 7.03. The van der Waals surface area contributed by atoms with Crippen molar-refractivity contribution in [2.45, 2.75) is 13.0 Å². The Balaban J connectivity index is 1.80. The van der Waals surface area contributed by atoms with Gasteiger partial charge in [0.2, 0.25) is 0 Å². The number of hydrogen-bond donors (Lipinski definition) is 2. The maximum atomic E-state index is 13.5. The molecule has 1 aromatic heterocycles. The number of nitrogens with one attached hydrogen (secondary N) is 2. The number of amidine groups is 1. The Kier molecular flexibility index (Phi) is 6.67. The largest absolute Gasteiger partial charge is 0.378 e. The van der Waals surface area contributed by atoms with Gasteiger partial charge >= 0.3 is 0 Å². The van der Waals surface area contributed by atoms with Crippen LogP contribution in [0.15, 0.2) is 53.3 Å². The normalized spacial score (nSPS) is 15.0. The first kappa shape index (κ1) is 21.9. The second-order valence-electron chi connectivity index (χ2n) is 7.18. The van der Waals surface area contributed by atoms with E-state index in [1.165, 1.54) is 11.5 Å². The molecule has 0 amide bonds. The van der Waals surface area contributed by atoms with Gasteiger partial charge in [0.25, 0.3) is 5.56 Å². The van der Waals surface area contributed by atoms with Gasteiger partial charge in [-0.2, -0.15) is 0 Å². The minimum atomic E-state index is -0.219. The molecule has 162 valence electrons. The summed E-state index contributed by atoms with van der Waals surface area (Å²) in [6, 6.07) is 14.9. The van der Waals surface area contributed by atoms with Crippen LogP contribution in [0.5, 0.6) is 0 Å². The van der Waals surface area contributed by atoms with Gasteiger partial charge in [-0.15, -0.1) is 0 Å². The highest BCUT2D eigenvalue weighted by atomic mass is 35.5. The number of hydrogen-bond acceptors (Lipinski definition) is 5. The van der Waals surface area contributed by atoms with E-state index in [1.54, 1.807) is 22.2 Å². The quantitative estimate of drug-likeness (QED) is 0.390. The zero-order valence-electron chi connectivity index (χ0n) is 16.9. The molecule has 2 heterocycles. The van der Waals surface area contributed by atoms with Gasteiger partial charge in [-0.05, 0) is 36.2 Å². The van der Waals surface area contributed by atoms with Crippen molar-refractivity contribution in [3.8, 4) is 0 Å². The third kappa shape index (κ3) is 4.50. The summed E-state index contributed by atoms with van der Waals surface area (Å²) in [4.78, 5) is 15.4. The first-order valence-electron chi connectivity index (χ1n) is 9.90. The summed E-state index contributed by atoms with van der Waals surface area (Å²) in [6.45, 7) is 4.16. The van der Waals surface area contributed by atoms with Crippen LogP contribution in [0, 0.1) is 5.41 Å². The van der Waals surface area contributed by atoms with Crippen molar-refractivity contribution < 1.29 is 4.74 Å².